The second-order valence-corrected chi connectivity index (χ2v) is 6.21. The van der Waals surface area contributed by atoms with Crippen LogP contribution in [-0.2, 0) is 5.54 Å². The summed E-state index contributed by atoms with van der Waals surface area (Å²) in [6, 6.07) is 3.98. The van der Waals surface area contributed by atoms with Gasteiger partial charge in [-0.1, -0.05) is 31.0 Å². The van der Waals surface area contributed by atoms with Crippen LogP contribution in [0.25, 0.3) is 10.7 Å². The lowest BCUT2D eigenvalue weighted by molar-refractivity contribution is 0.183. The predicted molar refractivity (Wildman–Crippen MR) is 71.1 cm³/mol. The minimum Gasteiger partial charge on any atom is -0.337 e. The van der Waals surface area contributed by atoms with E-state index in [0.29, 0.717) is 17.6 Å². The van der Waals surface area contributed by atoms with Crippen LogP contribution in [0.2, 0.25) is 0 Å². The van der Waals surface area contributed by atoms with Gasteiger partial charge in [0.15, 0.2) is 0 Å². The summed E-state index contributed by atoms with van der Waals surface area (Å²) in [7, 11) is 0. The van der Waals surface area contributed by atoms with Crippen LogP contribution in [0.15, 0.2) is 22.0 Å². The van der Waals surface area contributed by atoms with E-state index in [4.69, 9.17) is 10.3 Å². The topological polar surface area (TPSA) is 64.9 Å². The highest BCUT2D eigenvalue weighted by atomic mass is 32.1. The molecule has 1 fully saturated rings. The molecule has 2 heterocycles. The van der Waals surface area contributed by atoms with E-state index in [-0.39, 0.29) is 0 Å². The fraction of sp³-hybridized carbons (Fsp3) is 0.538. The average molecular weight is 263 g/mol. The van der Waals surface area contributed by atoms with Crippen LogP contribution in [0, 0.1) is 5.92 Å². The van der Waals surface area contributed by atoms with Crippen molar-refractivity contribution in [2.45, 2.75) is 38.1 Å². The largest absolute Gasteiger partial charge is 0.337 e. The summed E-state index contributed by atoms with van der Waals surface area (Å²) in [5.41, 5.74) is 6.01. The molecule has 2 unspecified atom stereocenters. The number of thiophene rings is 1. The number of hydrogen-bond acceptors (Lipinski definition) is 5. The molecule has 0 aliphatic heterocycles. The Morgan fingerprint density at radius 2 is 2.44 bits per heavy atom. The van der Waals surface area contributed by atoms with Gasteiger partial charge in [-0.15, -0.1) is 11.3 Å². The van der Waals surface area contributed by atoms with Crippen LogP contribution < -0.4 is 5.73 Å². The van der Waals surface area contributed by atoms with Gasteiger partial charge < -0.3 is 10.3 Å². The number of rotatable bonds is 2. The molecule has 0 saturated heterocycles. The molecule has 2 aromatic rings. The molecular weight excluding hydrogens is 246 g/mol. The van der Waals surface area contributed by atoms with E-state index in [1.54, 1.807) is 11.3 Å². The van der Waals surface area contributed by atoms with Gasteiger partial charge in [0.05, 0.1) is 10.4 Å². The Hall–Kier alpha value is -1.20. The van der Waals surface area contributed by atoms with Gasteiger partial charge in [-0.05, 0) is 30.2 Å². The van der Waals surface area contributed by atoms with E-state index in [9.17, 15) is 0 Å². The minimum absolute atomic E-state index is 0.430. The van der Waals surface area contributed by atoms with E-state index in [0.717, 1.165) is 24.1 Å². The van der Waals surface area contributed by atoms with Gasteiger partial charge in [-0.2, -0.15) is 4.98 Å². The fourth-order valence-electron chi connectivity index (χ4n) is 2.72. The molecule has 0 radical (unpaired) electrons. The SMILES string of the molecule is CC1CCCC(N)(c2nc(-c3cccs3)no2)C1. The second kappa shape index (κ2) is 4.48. The van der Waals surface area contributed by atoms with Crippen molar-refractivity contribution in [3.05, 3.63) is 23.4 Å². The van der Waals surface area contributed by atoms with Gasteiger partial charge in [0.2, 0.25) is 11.7 Å². The van der Waals surface area contributed by atoms with Crippen molar-refractivity contribution >= 4 is 11.3 Å². The lowest BCUT2D eigenvalue weighted by atomic mass is 9.77. The molecule has 18 heavy (non-hydrogen) atoms. The lowest BCUT2D eigenvalue weighted by Gasteiger charge is -2.33. The number of nitrogens with two attached hydrogens (primary N) is 1. The number of nitrogens with zero attached hydrogens (tertiary/aromatic N) is 2. The summed E-state index contributed by atoms with van der Waals surface area (Å²) in [5, 5.41) is 6.05. The zero-order chi connectivity index (χ0) is 12.6. The molecule has 2 atom stereocenters. The summed E-state index contributed by atoms with van der Waals surface area (Å²) in [6.07, 6.45) is 4.24. The van der Waals surface area contributed by atoms with E-state index in [1.165, 1.54) is 6.42 Å². The Labute approximate surface area is 110 Å². The summed E-state index contributed by atoms with van der Waals surface area (Å²) in [4.78, 5) is 5.52. The van der Waals surface area contributed by atoms with Crippen molar-refractivity contribution < 1.29 is 4.52 Å². The van der Waals surface area contributed by atoms with Crippen molar-refractivity contribution in [1.82, 2.24) is 10.1 Å². The van der Waals surface area contributed by atoms with Gasteiger partial charge in [0.1, 0.15) is 0 Å². The first-order valence-electron chi connectivity index (χ1n) is 6.34. The summed E-state index contributed by atoms with van der Waals surface area (Å²) >= 11 is 1.61. The first-order chi connectivity index (χ1) is 8.67. The van der Waals surface area contributed by atoms with Gasteiger partial charge in [0.25, 0.3) is 0 Å². The predicted octanol–water partition coefficient (Wildman–Crippen LogP) is 3.16. The van der Waals surface area contributed by atoms with Crippen molar-refractivity contribution in [3.63, 3.8) is 0 Å². The molecule has 0 bridgehead atoms. The second-order valence-electron chi connectivity index (χ2n) is 5.26. The maximum atomic E-state index is 6.44. The highest BCUT2D eigenvalue weighted by Crippen LogP contribution is 2.37. The van der Waals surface area contributed by atoms with Crippen molar-refractivity contribution in [3.8, 4) is 10.7 Å². The molecule has 4 nitrogen and oxygen atoms in total. The third-order valence-corrected chi connectivity index (χ3v) is 4.49. The third kappa shape index (κ3) is 2.08. The molecule has 2 aromatic heterocycles. The Kier molecular flexibility index (Phi) is 2.95. The zero-order valence-corrected chi connectivity index (χ0v) is 11.2. The molecule has 2 N–H and O–H groups in total. The molecule has 1 saturated carbocycles. The highest BCUT2D eigenvalue weighted by molar-refractivity contribution is 7.13. The van der Waals surface area contributed by atoms with Gasteiger partial charge in [0, 0.05) is 0 Å². The Balaban J connectivity index is 1.88. The van der Waals surface area contributed by atoms with Crippen LogP contribution >= 0.6 is 11.3 Å². The summed E-state index contributed by atoms with van der Waals surface area (Å²) < 4.78 is 5.40. The Morgan fingerprint density at radius 3 is 3.17 bits per heavy atom. The summed E-state index contributed by atoms with van der Waals surface area (Å²) in [6.45, 7) is 2.23. The molecule has 0 spiro atoms. The maximum absolute atomic E-state index is 6.44. The van der Waals surface area contributed by atoms with Crippen molar-refractivity contribution in [2.24, 2.45) is 11.7 Å². The molecule has 1 aliphatic rings. The molecule has 5 heteroatoms. The van der Waals surface area contributed by atoms with Crippen molar-refractivity contribution in [1.29, 1.82) is 0 Å². The third-order valence-electron chi connectivity index (χ3n) is 3.63. The number of hydrogen-bond donors (Lipinski definition) is 1. The number of aromatic nitrogens is 2. The molecule has 96 valence electrons. The molecule has 0 amide bonds. The maximum Gasteiger partial charge on any atom is 0.247 e. The van der Waals surface area contributed by atoms with Crippen LogP contribution in [-0.4, -0.2) is 10.1 Å². The van der Waals surface area contributed by atoms with Gasteiger partial charge >= 0.3 is 0 Å². The van der Waals surface area contributed by atoms with Crippen LogP contribution in [0.5, 0.6) is 0 Å². The highest BCUT2D eigenvalue weighted by Gasteiger charge is 2.37. The van der Waals surface area contributed by atoms with Crippen LogP contribution in [0.3, 0.4) is 0 Å². The van der Waals surface area contributed by atoms with Crippen molar-refractivity contribution in [2.75, 3.05) is 0 Å². The first kappa shape index (κ1) is 11.9. The Morgan fingerprint density at radius 1 is 1.56 bits per heavy atom. The standard InChI is InChI=1S/C13H17N3OS/c1-9-4-2-6-13(14,8-9)12-15-11(16-17-12)10-5-3-7-18-10/h3,5,7,9H,2,4,6,8,14H2,1H3. The first-order valence-corrected chi connectivity index (χ1v) is 7.22. The van der Waals surface area contributed by atoms with E-state index in [1.807, 2.05) is 17.5 Å². The Bertz CT molecular complexity index is 522. The van der Waals surface area contributed by atoms with Gasteiger partial charge in [-0.3, -0.25) is 0 Å². The lowest BCUT2D eigenvalue weighted by Crippen LogP contribution is -2.41. The normalized spacial score (nSPS) is 28.4. The van der Waals surface area contributed by atoms with Gasteiger partial charge in [-0.25, -0.2) is 0 Å². The fourth-order valence-corrected chi connectivity index (χ4v) is 3.37. The monoisotopic (exact) mass is 263 g/mol. The summed E-state index contributed by atoms with van der Waals surface area (Å²) in [5.74, 6) is 1.88. The molecule has 0 aromatic carbocycles. The van der Waals surface area contributed by atoms with E-state index < -0.39 is 5.54 Å². The average Bonchev–Trinajstić information content (AvgIpc) is 3.00. The molecule has 3 rings (SSSR count). The smallest absolute Gasteiger partial charge is 0.247 e. The van der Waals surface area contributed by atoms with Crippen LogP contribution in [0.4, 0.5) is 0 Å². The minimum atomic E-state index is -0.430. The van der Waals surface area contributed by atoms with E-state index in [2.05, 4.69) is 17.1 Å². The van der Waals surface area contributed by atoms with Crippen LogP contribution in [0.1, 0.15) is 38.5 Å². The van der Waals surface area contributed by atoms with E-state index >= 15 is 0 Å². The molecular formula is C13H17N3OS. The quantitative estimate of drug-likeness (QED) is 0.903. The molecule has 1 aliphatic carbocycles. The zero-order valence-electron chi connectivity index (χ0n) is 10.4.